The molecular weight excluding hydrogens is 217 g/mol. The van der Waals surface area contributed by atoms with E-state index in [1.807, 2.05) is 13.0 Å². The molecule has 4 heteroatoms. The average Bonchev–Trinajstić information content (AvgIpc) is 3.10. The lowest BCUT2D eigenvalue weighted by Gasteiger charge is -2.10. The summed E-state index contributed by atoms with van der Waals surface area (Å²) < 4.78 is 13.0. The largest absolute Gasteiger partial charge is 0.357 e. The zero-order chi connectivity index (χ0) is 12.1. The van der Waals surface area contributed by atoms with Crippen molar-refractivity contribution in [3.05, 3.63) is 35.6 Å². The van der Waals surface area contributed by atoms with Gasteiger partial charge in [-0.05, 0) is 37.5 Å². The fraction of sp³-hybridized carbons (Fsp3) is 0.462. The SMILES string of the molecule is CCNC(=NCc1cccc(F)c1)NC1CC1. The highest BCUT2D eigenvalue weighted by atomic mass is 19.1. The van der Waals surface area contributed by atoms with Crippen molar-refractivity contribution in [2.75, 3.05) is 6.54 Å². The molecule has 1 aliphatic carbocycles. The summed E-state index contributed by atoms with van der Waals surface area (Å²) in [5, 5.41) is 6.51. The first kappa shape index (κ1) is 11.9. The maximum atomic E-state index is 13.0. The summed E-state index contributed by atoms with van der Waals surface area (Å²) in [6, 6.07) is 7.13. The first-order valence-electron chi connectivity index (χ1n) is 6.07. The lowest BCUT2D eigenvalue weighted by atomic mass is 10.2. The fourth-order valence-electron chi connectivity index (χ4n) is 1.55. The van der Waals surface area contributed by atoms with E-state index in [4.69, 9.17) is 0 Å². The van der Waals surface area contributed by atoms with Crippen molar-refractivity contribution in [2.24, 2.45) is 4.99 Å². The van der Waals surface area contributed by atoms with Gasteiger partial charge in [0, 0.05) is 12.6 Å². The van der Waals surface area contributed by atoms with Gasteiger partial charge in [0.25, 0.3) is 0 Å². The molecule has 92 valence electrons. The van der Waals surface area contributed by atoms with Crippen LogP contribution in [0.2, 0.25) is 0 Å². The third-order valence-corrected chi connectivity index (χ3v) is 2.57. The zero-order valence-electron chi connectivity index (χ0n) is 10.0. The molecule has 0 amide bonds. The van der Waals surface area contributed by atoms with Gasteiger partial charge in [0.1, 0.15) is 5.82 Å². The Bertz CT molecular complexity index is 399. The van der Waals surface area contributed by atoms with Gasteiger partial charge >= 0.3 is 0 Å². The topological polar surface area (TPSA) is 36.4 Å². The highest BCUT2D eigenvalue weighted by molar-refractivity contribution is 5.80. The van der Waals surface area contributed by atoms with Crippen LogP contribution in [0.4, 0.5) is 4.39 Å². The Morgan fingerprint density at radius 2 is 2.29 bits per heavy atom. The molecule has 0 atom stereocenters. The second-order valence-corrected chi connectivity index (χ2v) is 4.24. The van der Waals surface area contributed by atoms with Crippen molar-refractivity contribution in [2.45, 2.75) is 32.4 Å². The number of nitrogens with zero attached hydrogens (tertiary/aromatic N) is 1. The number of rotatable bonds is 4. The minimum absolute atomic E-state index is 0.210. The second-order valence-electron chi connectivity index (χ2n) is 4.24. The highest BCUT2D eigenvalue weighted by Crippen LogP contribution is 2.18. The summed E-state index contributed by atoms with van der Waals surface area (Å²) in [5.74, 6) is 0.608. The Kier molecular flexibility index (Phi) is 3.96. The molecule has 2 N–H and O–H groups in total. The minimum Gasteiger partial charge on any atom is -0.357 e. The van der Waals surface area contributed by atoms with Gasteiger partial charge in [0.15, 0.2) is 5.96 Å². The smallest absolute Gasteiger partial charge is 0.191 e. The van der Waals surface area contributed by atoms with Crippen LogP contribution in [0.15, 0.2) is 29.3 Å². The van der Waals surface area contributed by atoms with Crippen LogP contribution in [0.3, 0.4) is 0 Å². The van der Waals surface area contributed by atoms with Crippen LogP contribution in [-0.2, 0) is 6.54 Å². The lowest BCUT2D eigenvalue weighted by molar-refractivity contribution is 0.625. The Morgan fingerprint density at radius 3 is 2.94 bits per heavy atom. The lowest BCUT2D eigenvalue weighted by Crippen LogP contribution is -2.38. The number of hydrogen-bond donors (Lipinski definition) is 2. The molecule has 0 heterocycles. The van der Waals surface area contributed by atoms with Crippen LogP contribution in [0.1, 0.15) is 25.3 Å². The van der Waals surface area contributed by atoms with Crippen LogP contribution in [0.5, 0.6) is 0 Å². The van der Waals surface area contributed by atoms with Crippen LogP contribution in [0.25, 0.3) is 0 Å². The standard InChI is InChI=1S/C13H18FN3/c1-2-15-13(17-12-6-7-12)16-9-10-4-3-5-11(14)8-10/h3-5,8,12H,2,6-7,9H2,1H3,(H2,15,16,17). The molecule has 0 aromatic heterocycles. The summed E-state index contributed by atoms with van der Waals surface area (Å²) in [6.45, 7) is 3.37. The van der Waals surface area contributed by atoms with Crippen LogP contribution in [0, 0.1) is 5.82 Å². The van der Waals surface area contributed by atoms with Crippen molar-refractivity contribution in [3.8, 4) is 0 Å². The molecule has 3 nitrogen and oxygen atoms in total. The molecule has 0 spiro atoms. The van der Waals surface area contributed by atoms with Crippen molar-refractivity contribution in [3.63, 3.8) is 0 Å². The van der Waals surface area contributed by atoms with Gasteiger partial charge in [-0.2, -0.15) is 0 Å². The van der Waals surface area contributed by atoms with E-state index in [0.717, 1.165) is 18.1 Å². The van der Waals surface area contributed by atoms with E-state index >= 15 is 0 Å². The molecule has 1 fully saturated rings. The summed E-state index contributed by atoms with van der Waals surface area (Å²) in [7, 11) is 0. The predicted molar refractivity (Wildman–Crippen MR) is 67.4 cm³/mol. The molecule has 0 radical (unpaired) electrons. The van der Waals surface area contributed by atoms with E-state index in [1.165, 1.54) is 25.0 Å². The molecule has 1 aliphatic rings. The van der Waals surface area contributed by atoms with E-state index in [2.05, 4.69) is 15.6 Å². The quantitative estimate of drug-likeness (QED) is 0.619. The Morgan fingerprint density at radius 1 is 1.47 bits per heavy atom. The molecule has 1 aromatic rings. The van der Waals surface area contributed by atoms with Crippen molar-refractivity contribution in [1.29, 1.82) is 0 Å². The summed E-state index contributed by atoms with van der Waals surface area (Å²) >= 11 is 0. The van der Waals surface area contributed by atoms with E-state index in [1.54, 1.807) is 6.07 Å². The maximum Gasteiger partial charge on any atom is 0.191 e. The molecule has 1 saturated carbocycles. The highest BCUT2D eigenvalue weighted by Gasteiger charge is 2.21. The van der Waals surface area contributed by atoms with E-state index < -0.39 is 0 Å². The van der Waals surface area contributed by atoms with Gasteiger partial charge in [-0.25, -0.2) is 9.38 Å². The molecule has 0 unspecified atom stereocenters. The number of aliphatic imine (C=N–C) groups is 1. The minimum atomic E-state index is -0.210. The third kappa shape index (κ3) is 4.06. The monoisotopic (exact) mass is 235 g/mol. The second kappa shape index (κ2) is 5.66. The maximum absolute atomic E-state index is 13.0. The van der Waals surface area contributed by atoms with Gasteiger partial charge in [-0.1, -0.05) is 12.1 Å². The van der Waals surface area contributed by atoms with Crippen LogP contribution >= 0.6 is 0 Å². The first-order chi connectivity index (χ1) is 8.28. The molecule has 0 saturated heterocycles. The van der Waals surface area contributed by atoms with Gasteiger partial charge in [-0.15, -0.1) is 0 Å². The normalized spacial score (nSPS) is 15.8. The van der Waals surface area contributed by atoms with E-state index in [-0.39, 0.29) is 5.82 Å². The summed E-state index contributed by atoms with van der Waals surface area (Å²) in [4.78, 5) is 4.43. The third-order valence-electron chi connectivity index (χ3n) is 2.57. The summed E-state index contributed by atoms with van der Waals surface area (Å²) in [6.07, 6.45) is 2.43. The van der Waals surface area contributed by atoms with E-state index in [0.29, 0.717) is 12.6 Å². The Hall–Kier alpha value is -1.58. The number of hydrogen-bond acceptors (Lipinski definition) is 1. The predicted octanol–water partition coefficient (Wildman–Crippen LogP) is 2.04. The number of halogens is 1. The van der Waals surface area contributed by atoms with Crippen LogP contribution < -0.4 is 10.6 Å². The average molecular weight is 235 g/mol. The Labute approximate surface area is 101 Å². The number of benzene rings is 1. The molecule has 0 bridgehead atoms. The van der Waals surface area contributed by atoms with Gasteiger partial charge in [0.05, 0.1) is 6.54 Å². The van der Waals surface area contributed by atoms with Gasteiger partial charge in [-0.3, -0.25) is 0 Å². The summed E-state index contributed by atoms with van der Waals surface area (Å²) in [5.41, 5.74) is 0.887. The molecule has 2 rings (SSSR count). The molecule has 17 heavy (non-hydrogen) atoms. The molecular formula is C13H18FN3. The number of nitrogens with one attached hydrogen (secondary N) is 2. The van der Waals surface area contributed by atoms with Gasteiger partial charge < -0.3 is 10.6 Å². The van der Waals surface area contributed by atoms with E-state index in [9.17, 15) is 4.39 Å². The molecule has 0 aliphatic heterocycles. The van der Waals surface area contributed by atoms with Crippen LogP contribution in [-0.4, -0.2) is 18.5 Å². The van der Waals surface area contributed by atoms with Crippen molar-refractivity contribution >= 4 is 5.96 Å². The number of guanidine groups is 1. The molecule has 1 aromatic carbocycles. The Balaban J connectivity index is 1.95. The fourth-order valence-corrected chi connectivity index (χ4v) is 1.55. The van der Waals surface area contributed by atoms with Crippen molar-refractivity contribution in [1.82, 2.24) is 10.6 Å². The van der Waals surface area contributed by atoms with Crippen molar-refractivity contribution < 1.29 is 4.39 Å². The zero-order valence-corrected chi connectivity index (χ0v) is 10.0. The van der Waals surface area contributed by atoms with Gasteiger partial charge in [0.2, 0.25) is 0 Å². The first-order valence-corrected chi connectivity index (χ1v) is 6.07.